The first-order valence-electron chi connectivity index (χ1n) is 9.50. The molecule has 0 aliphatic heterocycles. The number of carbonyl (C=O) groups is 2. The maximum Gasteiger partial charge on any atom is 0.344 e. The maximum atomic E-state index is 12.0. The fraction of sp³-hybridized carbons (Fsp3) is 0.333. The minimum Gasteiger partial charge on any atom is -0.475 e. The van der Waals surface area contributed by atoms with Gasteiger partial charge in [-0.25, -0.2) is 4.79 Å². The lowest BCUT2D eigenvalue weighted by atomic mass is 10.2. The first-order chi connectivity index (χ1) is 14.3. The first-order valence-corrected chi connectivity index (χ1v) is 9.50. The summed E-state index contributed by atoms with van der Waals surface area (Å²) in [6, 6.07) is 13.4. The van der Waals surface area contributed by atoms with Crippen LogP contribution in [0.1, 0.15) is 20.8 Å². The number of amides is 1. The predicted octanol–water partition coefficient (Wildman–Crippen LogP) is 3.39. The molecule has 0 spiro atoms. The van der Waals surface area contributed by atoms with E-state index in [0.717, 1.165) is 12.2 Å². The van der Waals surface area contributed by atoms with Gasteiger partial charge in [0.1, 0.15) is 0 Å². The van der Waals surface area contributed by atoms with E-state index in [0.29, 0.717) is 11.7 Å². The first kappa shape index (κ1) is 22.7. The van der Waals surface area contributed by atoms with Crippen molar-refractivity contribution in [1.29, 1.82) is 0 Å². The Hall–Kier alpha value is -3.62. The van der Waals surface area contributed by atoms with E-state index in [-0.39, 0.29) is 11.4 Å². The third kappa shape index (κ3) is 6.47. The Morgan fingerprint density at radius 1 is 1.10 bits per heavy atom. The standard InChI is InChI=1S/C21H25N3O6/c1-4-23(15(2)3)17-11-9-16(10-12-17)22-20(25)13-30-21(26)14-29-19-8-6-5-7-18(19)24(27)28/h5-12,15H,4,13-14H2,1-3H3,(H,22,25). The number of hydrogen-bond acceptors (Lipinski definition) is 7. The van der Waals surface area contributed by atoms with Crippen molar-refractivity contribution in [1.82, 2.24) is 0 Å². The molecule has 0 unspecified atom stereocenters. The summed E-state index contributed by atoms with van der Waals surface area (Å²) in [5.74, 6) is -1.36. The molecule has 160 valence electrons. The van der Waals surface area contributed by atoms with Crippen LogP contribution >= 0.6 is 0 Å². The molecule has 2 aromatic carbocycles. The van der Waals surface area contributed by atoms with Gasteiger partial charge in [0.05, 0.1) is 4.92 Å². The van der Waals surface area contributed by atoms with Crippen molar-refractivity contribution in [3.05, 3.63) is 58.6 Å². The lowest BCUT2D eigenvalue weighted by molar-refractivity contribution is -0.385. The SMILES string of the molecule is CCN(c1ccc(NC(=O)COC(=O)COc2ccccc2[N+](=O)[O-])cc1)C(C)C. The van der Waals surface area contributed by atoms with Gasteiger partial charge >= 0.3 is 11.7 Å². The van der Waals surface area contributed by atoms with Crippen LogP contribution in [-0.2, 0) is 14.3 Å². The van der Waals surface area contributed by atoms with E-state index in [4.69, 9.17) is 9.47 Å². The molecular formula is C21H25N3O6. The Labute approximate surface area is 174 Å². The molecule has 0 atom stereocenters. The number of hydrogen-bond donors (Lipinski definition) is 1. The third-order valence-electron chi connectivity index (χ3n) is 4.22. The minimum atomic E-state index is -0.811. The Morgan fingerprint density at radius 2 is 1.77 bits per heavy atom. The van der Waals surface area contributed by atoms with Crippen molar-refractivity contribution in [3.8, 4) is 5.75 Å². The molecule has 2 aromatic rings. The normalized spacial score (nSPS) is 10.4. The van der Waals surface area contributed by atoms with Crippen LogP contribution in [-0.4, -0.2) is 42.6 Å². The number of anilines is 2. The molecule has 0 aliphatic carbocycles. The maximum absolute atomic E-state index is 12.0. The number of nitrogens with zero attached hydrogens (tertiary/aromatic N) is 2. The number of ether oxygens (including phenoxy) is 2. The molecule has 0 aromatic heterocycles. The van der Waals surface area contributed by atoms with E-state index in [2.05, 4.69) is 31.0 Å². The van der Waals surface area contributed by atoms with Gasteiger partial charge in [-0.1, -0.05) is 12.1 Å². The van der Waals surface area contributed by atoms with E-state index < -0.39 is 30.0 Å². The summed E-state index contributed by atoms with van der Waals surface area (Å²) in [4.78, 5) is 36.3. The Kier molecular flexibility index (Phi) is 8.16. The van der Waals surface area contributed by atoms with E-state index >= 15 is 0 Å². The highest BCUT2D eigenvalue weighted by Gasteiger charge is 2.16. The van der Waals surface area contributed by atoms with Gasteiger partial charge in [-0.05, 0) is 51.1 Å². The molecular weight excluding hydrogens is 390 g/mol. The number of nitro groups is 1. The fourth-order valence-corrected chi connectivity index (χ4v) is 2.83. The molecule has 2 rings (SSSR count). The van der Waals surface area contributed by atoms with Crippen LogP contribution < -0.4 is 15.0 Å². The van der Waals surface area contributed by atoms with Crippen LogP contribution in [0, 0.1) is 10.1 Å². The molecule has 0 saturated heterocycles. The fourth-order valence-electron chi connectivity index (χ4n) is 2.83. The van der Waals surface area contributed by atoms with Crippen molar-refractivity contribution in [2.24, 2.45) is 0 Å². The van der Waals surface area contributed by atoms with E-state index in [1.807, 2.05) is 12.1 Å². The summed E-state index contributed by atoms with van der Waals surface area (Å²) in [5.41, 5.74) is 1.37. The average Bonchev–Trinajstić information content (AvgIpc) is 2.72. The summed E-state index contributed by atoms with van der Waals surface area (Å²) in [5, 5.41) is 13.6. The average molecular weight is 415 g/mol. The van der Waals surface area contributed by atoms with Crippen molar-refractivity contribution in [3.63, 3.8) is 0 Å². The zero-order valence-electron chi connectivity index (χ0n) is 17.2. The van der Waals surface area contributed by atoms with Crippen molar-refractivity contribution in [2.75, 3.05) is 30.0 Å². The number of rotatable bonds is 10. The second-order valence-electron chi connectivity index (χ2n) is 6.65. The minimum absolute atomic E-state index is 0.0495. The Morgan fingerprint density at radius 3 is 2.37 bits per heavy atom. The summed E-state index contributed by atoms with van der Waals surface area (Å²) in [6.07, 6.45) is 0. The van der Waals surface area contributed by atoms with Crippen molar-refractivity contribution in [2.45, 2.75) is 26.8 Å². The number of nitro benzene ring substituents is 1. The number of benzene rings is 2. The molecule has 0 saturated carbocycles. The number of esters is 1. The summed E-state index contributed by atoms with van der Waals surface area (Å²) >= 11 is 0. The number of carbonyl (C=O) groups excluding carboxylic acids is 2. The van der Waals surface area contributed by atoms with Crippen LogP contribution in [0.25, 0.3) is 0 Å². The van der Waals surface area contributed by atoms with Gasteiger partial charge in [0.2, 0.25) is 0 Å². The van der Waals surface area contributed by atoms with Gasteiger partial charge in [-0.15, -0.1) is 0 Å². The zero-order chi connectivity index (χ0) is 22.1. The number of nitrogens with one attached hydrogen (secondary N) is 1. The van der Waals surface area contributed by atoms with Gasteiger partial charge in [-0.3, -0.25) is 14.9 Å². The number of para-hydroxylation sites is 2. The van der Waals surface area contributed by atoms with Crippen molar-refractivity contribution >= 4 is 28.9 Å². The van der Waals surface area contributed by atoms with Crippen LogP contribution in [0.2, 0.25) is 0 Å². The largest absolute Gasteiger partial charge is 0.475 e. The highest BCUT2D eigenvalue weighted by Crippen LogP contribution is 2.25. The van der Waals surface area contributed by atoms with Crippen LogP contribution in [0.3, 0.4) is 0 Å². The molecule has 9 heteroatoms. The molecule has 0 heterocycles. The van der Waals surface area contributed by atoms with Gasteiger partial charge in [0.15, 0.2) is 19.0 Å². The predicted molar refractivity (Wildman–Crippen MR) is 113 cm³/mol. The van der Waals surface area contributed by atoms with Crippen LogP contribution in [0.15, 0.2) is 48.5 Å². The topological polar surface area (TPSA) is 111 Å². The quantitative estimate of drug-likeness (QED) is 0.360. The monoisotopic (exact) mass is 415 g/mol. The Balaban J connectivity index is 1.80. The Bertz CT molecular complexity index is 883. The van der Waals surface area contributed by atoms with Gasteiger partial charge in [0, 0.05) is 30.0 Å². The second-order valence-corrected chi connectivity index (χ2v) is 6.65. The molecule has 30 heavy (non-hydrogen) atoms. The lowest BCUT2D eigenvalue weighted by Gasteiger charge is -2.27. The highest BCUT2D eigenvalue weighted by molar-refractivity contribution is 5.93. The summed E-state index contributed by atoms with van der Waals surface area (Å²) in [6.45, 7) is 6.11. The molecule has 9 nitrogen and oxygen atoms in total. The summed E-state index contributed by atoms with van der Waals surface area (Å²) in [7, 11) is 0. The van der Waals surface area contributed by atoms with Gasteiger partial charge in [-0.2, -0.15) is 0 Å². The lowest BCUT2D eigenvalue weighted by Crippen LogP contribution is -2.30. The third-order valence-corrected chi connectivity index (χ3v) is 4.22. The molecule has 0 aliphatic rings. The molecule has 0 bridgehead atoms. The molecule has 0 radical (unpaired) electrons. The van der Waals surface area contributed by atoms with E-state index in [9.17, 15) is 19.7 Å². The summed E-state index contributed by atoms with van der Waals surface area (Å²) < 4.78 is 9.98. The second kappa shape index (κ2) is 10.8. The molecule has 1 N–H and O–H groups in total. The van der Waals surface area contributed by atoms with Crippen molar-refractivity contribution < 1.29 is 24.0 Å². The molecule has 1 amide bonds. The molecule has 0 fully saturated rings. The smallest absolute Gasteiger partial charge is 0.344 e. The van der Waals surface area contributed by atoms with E-state index in [1.165, 1.54) is 18.2 Å². The van der Waals surface area contributed by atoms with Gasteiger partial charge in [0.25, 0.3) is 5.91 Å². The highest BCUT2D eigenvalue weighted by atomic mass is 16.6. The van der Waals surface area contributed by atoms with Crippen LogP contribution in [0.5, 0.6) is 5.75 Å². The van der Waals surface area contributed by atoms with E-state index in [1.54, 1.807) is 18.2 Å². The van der Waals surface area contributed by atoms with Crippen LogP contribution in [0.4, 0.5) is 17.1 Å². The zero-order valence-corrected chi connectivity index (χ0v) is 17.2. The van der Waals surface area contributed by atoms with Gasteiger partial charge < -0.3 is 19.7 Å².